The second-order valence-electron chi connectivity index (χ2n) is 4.47. The molecule has 0 heterocycles. The molecule has 0 saturated carbocycles. The van der Waals surface area contributed by atoms with Crippen molar-refractivity contribution in [2.24, 2.45) is 0 Å². The Morgan fingerprint density at radius 2 is 1.95 bits per heavy atom. The minimum Gasteiger partial charge on any atom is -0.508 e. The normalized spacial score (nSPS) is 10.9. The summed E-state index contributed by atoms with van der Waals surface area (Å²) in [5, 5.41) is 18.3. The summed E-state index contributed by atoms with van der Waals surface area (Å²) in [6, 6.07) is 10.3. The zero-order chi connectivity index (χ0) is 15.6. The summed E-state index contributed by atoms with van der Waals surface area (Å²) < 4.78 is 26.9. The number of hydrogen-bond donors (Lipinski definition) is 3. The smallest absolute Gasteiger partial charge is 0.263 e. The van der Waals surface area contributed by atoms with Crippen LogP contribution >= 0.6 is 0 Å². The van der Waals surface area contributed by atoms with E-state index >= 15 is 0 Å². The number of nitrogens with two attached hydrogens (primary N) is 1. The average Bonchev–Trinajstić information content (AvgIpc) is 2.42. The monoisotopic (exact) mass is 303 g/mol. The molecule has 4 N–H and O–H groups in total. The zero-order valence-corrected chi connectivity index (χ0v) is 12.0. The van der Waals surface area contributed by atoms with E-state index in [1.807, 2.05) is 6.07 Å². The number of benzene rings is 2. The van der Waals surface area contributed by atoms with Crippen molar-refractivity contribution in [2.75, 3.05) is 10.5 Å². The molecular formula is C14H13N3O3S. The van der Waals surface area contributed by atoms with Crippen LogP contribution in [0.5, 0.6) is 5.75 Å². The van der Waals surface area contributed by atoms with E-state index in [2.05, 4.69) is 4.72 Å². The Morgan fingerprint density at radius 3 is 2.52 bits per heavy atom. The van der Waals surface area contributed by atoms with Crippen LogP contribution in [-0.4, -0.2) is 13.5 Å². The number of nitrogens with zero attached hydrogens (tertiary/aromatic N) is 1. The standard InChI is InChI=1S/C14H13N3O3S/c1-9-2-4-11(7-13(9)18)17-21(19,20)14-5-3-10(8-15)6-12(14)16/h2-7,17-18H,16H2,1H3. The van der Waals surface area contributed by atoms with Crippen LogP contribution in [0.3, 0.4) is 0 Å². The molecule has 0 amide bonds. The van der Waals surface area contributed by atoms with Gasteiger partial charge in [0.05, 0.1) is 23.0 Å². The highest BCUT2D eigenvalue weighted by atomic mass is 32.2. The minimum absolute atomic E-state index is 0.0111. The molecule has 2 aromatic carbocycles. The van der Waals surface area contributed by atoms with Crippen molar-refractivity contribution in [3.8, 4) is 11.8 Å². The molecule has 0 bridgehead atoms. The van der Waals surface area contributed by atoms with Crippen LogP contribution in [-0.2, 0) is 10.0 Å². The van der Waals surface area contributed by atoms with Gasteiger partial charge in [-0.3, -0.25) is 4.72 Å². The second kappa shape index (κ2) is 5.34. The van der Waals surface area contributed by atoms with E-state index in [0.29, 0.717) is 5.56 Å². The van der Waals surface area contributed by atoms with E-state index in [4.69, 9.17) is 11.0 Å². The SMILES string of the molecule is Cc1ccc(NS(=O)(=O)c2ccc(C#N)cc2N)cc1O. The van der Waals surface area contributed by atoms with Crippen molar-refractivity contribution in [1.29, 1.82) is 5.26 Å². The number of anilines is 2. The first kappa shape index (κ1) is 14.7. The maximum atomic E-state index is 12.3. The molecule has 0 saturated heterocycles. The molecule has 2 aromatic rings. The number of aromatic hydroxyl groups is 1. The predicted octanol–water partition coefficient (Wildman–Crippen LogP) is 1.96. The van der Waals surface area contributed by atoms with Gasteiger partial charge in [0.25, 0.3) is 10.0 Å². The third kappa shape index (κ3) is 3.07. The van der Waals surface area contributed by atoms with E-state index in [1.54, 1.807) is 13.0 Å². The Balaban J connectivity index is 2.38. The number of nitrogens with one attached hydrogen (secondary N) is 1. The Bertz CT molecular complexity index is 839. The van der Waals surface area contributed by atoms with Gasteiger partial charge in [-0.15, -0.1) is 0 Å². The third-order valence-electron chi connectivity index (χ3n) is 2.89. The molecule has 0 aliphatic carbocycles. The third-order valence-corrected chi connectivity index (χ3v) is 4.35. The van der Waals surface area contributed by atoms with Gasteiger partial charge in [0, 0.05) is 6.07 Å². The molecular weight excluding hydrogens is 290 g/mol. The van der Waals surface area contributed by atoms with Crippen LogP contribution in [0.2, 0.25) is 0 Å². The summed E-state index contributed by atoms with van der Waals surface area (Å²) in [5.74, 6) is -0.0111. The van der Waals surface area contributed by atoms with Crippen molar-refractivity contribution in [3.05, 3.63) is 47.5 Å². The number of nitriles is 1. The van der Waals surface area contributed by atoms with E-state index in [1.165, 1.54) is 30.3 Å². The molecule has 6 nitrogen and oxygen atoms in total. The first-order valence-electron chi connectivity index (χ1n) is 5.95. The lowest BCUT2D eigenvalue weighted by atomic mass is 10.2. The fourth-order valence-corrected chi connectivity index (χ4v) is 2.91. The first-order chi connectivity index (χ1) is 9.83. The van der Waals surface area contributed by atoms with Crippen LogP contribution in [0.25, 0.3) is 0 Å². The Morgan fingerprint density at radius 1 is 1.24 bits per heavy atom. The van der Waals surface area contributed by atoms with E-state index in [9.17, 15) is 13.5 Å². The Labute approximate surface area is 122 Å². The molecule has 0 aliphatic heterocycles. The van der Waals surface area contributed by atoms with E-state index in [0.717, 1.165) is 0 Å². The second-order valence-corrected chi connectivity index (χ2v) is 6.12. The number of phenols is 1. The van der Waals surface area contributed by atoms with Gasteiger partial charge < -0.3 is 10.8 Å². The molecule has 0 unspecified atom stereocenters. The zero-order valence-electron chi connectivity index (χ0n) is 11.2. The average molecular weight is 303 g/mol. The lowest BCUT2D eigenvalue weighted by Gasteiger charge is -2.11. The predicted molar refractivity (Wildman–Crippen MR) is 79.2 cm³/mol. The topological polar surface area (TPSA) is 116 Å². The number of hydrogen-bond acceptors (Lipinski definition) is 5. The fourth-order valence-electron chi connectivity index (χ4n) is 1.75. The largest absolute Gasteiger partial charge is 0.508 e. The van der Waals surface area contributed by atoms with Crippen molar-refractivity contribution < 1.29 is 13.5 Å². The van der Waals surface area contributed by atoms with Gasteiger partial charge in [-0.25, -0.2) is 8.42 Å². The van der Waals surface area contributed by atoms with Crippen molar-refractivity contribution in [2.45, 2.75) is 11.8 Å². The summed E-state index contributed by atoms with van der Waals surface area (Å²) >= 11 is 0. The highest BCUT2D eigenvalue weighted by molar-refractivity contribution is 7.92. The van der Waals surface area contributed by atoms with E-state index < -0.39 is 10.0 Å². The molecule has 7 heteroatoms. The Kier molecular flexibility index (Phi) is 3.74. The molecule has 0 fully saturated rings. The maximum absolute atomic E-state index is 12.3. The lowest BCUT2D eigenvalue weighted by molar-refractivity contribution is 0.471. The van der Waals surface area contributed by atoms with Crippen LogP contribution in [0.4, 0.5) is 11.4 Å². The van der Waals surface area contributed by atoms with Crippen LogP contribution in [0.1, 0.15) is 11.1 Å². The number of rotatable bonds is 3. The first-order valence-corrected chi connectivity index (χ1v) is 7.44. The maximum Gasteiger partial charge on any atom is 0.263 e. The molecule has 21 heavy (non-hydrogen) atoms. The quantitative estimate of drug-likeness (QED) is 0.749. The summed E-state index contributed by atoms with van der Waals surface area (Å²) in [4.78, 5) is -0.124. The summed E-state index contributed by atoms with van der Waals surface area (Å²) in [5.41, 5.74) is 6.79. The lowest BCUT2D eigenvalue weighted by Crippen LogP contribution is -2.14. The van der Waals surface area contributed by atoms with Crippen molar-refractivity contribution in [3.63, 3.8) is 0 Å². The van der Waals surface area contributed by atoms with Gasteiger partial charge in [0.1, 0.15) is 10.6 Å². The van der Waals surface area contributed by atoms with Crippen LogP contribution in [0, 0.1) is 18.3 Å². The van der Waals surface area contributed by atoms with Crippen molar-refractivity contribution in [1.82, 2.24) is 0 Å². The highest BCUT2D eigenvalue weighted by Crippen LogP contribution is 2.25. The fraction of sp³-hybridized carbons (Fsp3) is 0.0714. The number of nitrogen functional groups attached to an aromatic ring is 1. The van der Waals surface area contributed by atoms with Crippen LogP contribution in [0.15, 0.2) is 41.3 Å². The molecule has 0 spiro atoms. The summed E-state index contributed by atoms with van der Waals surface area (Å²) in [6.45, 7) is 1.70. The minimum atomic E-state index is -3.89. The van der Waals surface area contributed by atoms with Gasteiger partial charge in [0.2, 0.25) is 0 Å². The van der Waals surface area contributed by atoms with E-state index in [-0.39, 0.29) is 27.6 Å². The van der Waals surface area contributed by atoms with Gasteiger partial charge >= 0.3 is 0 Å². The highest BCUT2D eigenvalue weighted by Gasteiger charge is 2.18. The van der Waals surface area contributed by atoms with Crippen molar-refractivity contribution >= 4 is 21.4 Å². The van der Waals surface area contributed by atoms with Gasteiger partial charge in [-0.05, 0) is 36.8 Å². The number of sulfonamides is 1. The molecule has 108 valence electrons. The van der Waals surface area contributed by atoms with Gasteiger partial charge in [0.15, 0.2) is 0 Å². The molecule has 2 rings (SSSR count). The summed E-state index contributed by atoms with van der Waals surface area (Å²) in [6.07, 6.45) is 0. The summed E-state index contributed by atoms with van der Waals surface area (Å²) in [7, 11) is -3.89. The molecule has 0 aliphatic rings. The van der Waals surface area contributed by atoms with Gasteiger partial charge in [-0.1, -0.05) is 6.07 Å². The molecule has 0 atom stereocenters. The van der Waals surface area contributed by atoms with Crippen LogP contribution < -0.4 is 10.5 Å². The number of aryl methyl sites for hydroxylation is 1. The Hall–Kier alpha value is -2.72. The molecule has 0 radical (unpaired) electrons. The number of phenolic OH excluding ortho intramolecular Hbond substituents is 1. The molecule has 0 aromatic heterocycles. The van der Waals surface area contributed by atoms with Gasteiger partial charge in [-0.2, -0.15) is 5.26 Å².